The third-order valence-electron chi connectivity index (χ3n) is 6.66. The molecule has 1 aliphatic carbocycles. The van der Waals surface area contributed by atoms with E-state index in [9.17, 15) is 14.7 Å². The summed E-state index contributed by atoms with van der Waals surface area (Å²) in [4.78, 5) is 24.1. The maximum Gasteiger partial charge on any atom is 0.303 e. The van der Waals surface area contributed by atoms with Crippen LogP contribution in [0.4, 0.5) is 5.69 Å². The number of carbonyl (C=O) groups excluding carboxylic acids is 1. The van der Waals surface area contributed by atoms with Crippen molar-refractivity contribution < 1.29 is 14.7 Å². The van der Waals surface area contributed by atoms with Gasteiger partial charge < -0.3 is 10.4 Å². The Hall–Kier alpha value is -3.15. The van der Waals surface area contributed by atoms with E-state index >= 15 is 0 Å². The smallest absolute Gasteiger partial charge is 0.303 e. The van der Waals surface area contributed by atoms with E-state index in [1.54, 1.807) is 0 Å². The first-order chi connectivity index (χ1) is 15.5. The Morgan fingerprint density at radius 1 is 1.16 bits per heavy atom. The monoisotopic (exact) mass is 433 g/mol. The van der Waals surface area contributed by atoms with Crippen molar-refractivity contribution in [1.82, 2.24) is 5.01 Å². The van der Waals surface area contributed by atoms with Crippen molar-refractivity contribution in [3.8, 4) is 0 Å². The second-order valence-corrected chi connectivity index (χ2v) is 8.81. The number of amides is 1. The van der Waals surface area contributed by atoms with Gasteiger partial charge in [0.05, 0.1) is 6.21 Å². The van der Waals surface area contributed by atoms with Crippen LogP contribution < -0.4 is 5.32 Å². The summed E-state index contributed by atoms with van der Waals surface area (Å²) in [6.07, 6.45) is 7.10. The molecule has 0 saturated carbocycles. The Morgan fingerprint density at radius 2 is 1.91 bits per heavy atom. The van der Waals surface area contributed by atoms with Crippen molar-refractivity contribution in [1.29, 1.82) is 0 Å². The van der Waals surface area contributed by atoms with E-state index in [4.69, 9.17) is 0 Å². The standard InChI is InChI=1S/C26H31N3O3/c1-2-23-21(15-25(30)31)10-9-19-11-12-22(16-24(19)23)28-26(32)20-7-5-18(6-8-20)17-27-29-13-3-4-14-29/h5-8,11-12,16-17,21,23H,2-4,9-10,13-15H2,1H3,(H,28,32)(H,30,31). The summed E-state index contributed by atoms with van der Waals surface area (Å²) >= 11 is 0. The van der Waals surface area contributed by atoms with Crippen LogP contribution in [0, 0.1) is 5.92 Å². The maximum atomic E-state index is 12.8. The zero-order chi connectivity index (χ0) is 22.5. The minimum atomic E-state index is -0.740. The molecule has 2 aromatic carbocycles. The van der Waals surface area contributed by atoms with Crippen LogP contribution in [-0.4, -0.2) is 41.3 Å². The molecule has 2 aliphatic rings. The van der Waals surface area contributed by atoms with Crippen LogP contribution in [0.3, 0.4) is 0 Å². The molecule has 2 aromatic rings. The Kier molecular flexibility index (Phi) is 6.88. The number of nitrogens with zero attached hydrogens (tertiary/aromatic N) is 2. The molecule has 6 nitrogen and oxygen atoms in total. The molecule has 0 bridgehead atoms. The minimum Gasteiger partial charge on any atom is -0.481 e. The van der Waals surface area contributed by atoms with Gasteiger partial charge in [0.25, 0.3) is 5.91 Å². The number of aryl methyl sites for hydroxylation is 1. The molecule has 2 atom stereocenters. The zero-order valence-electron chi connectivity index (χ0n) is 18.6. The number of benzene rings is 2. The molecule has 1 heterocycles. The van der Waals surface area contributed by atoms with Gasteiger partial charge in [-0.3, -0.25) is 14.6 Å². The Bertz CT molecular complexity index is 994. The molecule has 4 rings (SSSR count). The third kappa shape index (κ3) is 5.18. The SMILES string of the molecule is CCC1c2cc(NC(=O)c3ccc(C=NN4CCCC4)cc3)ccc2CCC1CC(=O)O. The molecule has 2 N–H and O–H groups in total. The van der Waals surface area contributed by atoms with Crippen molar-refractivity contribution in [3.63, 3.8) is 0 Å². The lowest BCUT2D eigenvalue weighted by Crippen LogP contribution is -2.23. The fraction of sp³-hybridized carbons (Fsp3) is 0.423. The molecule has 0 radical (unpaired) electrons. The summed E-state index contributed by atoms with van der Waals surface area (Å²) in [5.41, 5.74) is 4.76. The largest absolute Gasteiger partial charge is 0.481 e. The van der Waals surface area contributed by atoms with Gasteiger partial charge in [-0.1, -0.05) is 25.1 Å². The summed E-state index contributed by atoms with van der Waals surface area (Å²) in [5.74, 6) is -0.541. The van der Waals surface area contributed by atoms with E-state index in [0.717, 1.165) is 43.6 Å². The molecular formula is C26H31N3O3. The summed E-state index contributed by atoms with van der Waals surface area (Å²) in [6.45, 7) is 4.12. The average Bonchev–Trinajstić information content (AvgIpc) is 3.31. The molecule has 2 unspecified atom stereocenters. The number of carbonyl (C=O) groups is 2. The number of carboxylic acid groups (broad SMARTS) is 1. The van der Waals surface area contributed by atoms with Crippen LogP contribution in [0.1, 0.15) is 72.0 Å². The summed E-state index contributed by atoms with van der Waals surface area (Å²) in [5, 5.41) is 18.8. The summed E-state index contributed by atoms with van der Waals surface area (Å²) in [7, 11) is 0. The van der Waals surface area contributed by atoms with Gasteiger partial charge in [0.1, 0.15) is 0 Å². The quantitative estimate of drug-likeness (QED) is 0.609. The minimum absolute atomic E-state index is 0.144. The first-order valence-corrected chi connectivity index (χ1v) is 11.6. The fourth-order valence-corrected chi connectivity index (χ4v) is 4.95. The van der Waals surface area contributed by atoms with Gasteiger partial charge in [0.2, 0.25) is 0 Å². The maximum absolute atomic E-state index is 12.8. The number of anilines is 1. The van der Waals surface area contributed by atoms with E-state index in [2.05, 4.69) is 28.4 Å². The van der Waals surface area contributed by atoms with Crippen molar-refractivity contribution in [3.05, 3.63) is 64.7 Å². The van der Waals surface area contributed by atoms with E-state index in [-0.39, 0.29) is 24.2 Å². The van der Waals surface area contributed by atoms with Crippen LogP contribution in [0.5, 0.6) is 0 Å². The lowest BCUT2D eigenvalue weighted by molar-refractivity contribution is -0.138. The Morgan fingerprint density at radius 3 is 2.59 bits per heavy atom. The van der Waals surface area contributed by atoms with Gasteiger partial charge >= 0.3 is 5.97 Å². The lowest BCUT2D eigenvalue weighted by atomic mass is 9.72. The van der Waals surface area contributed by atoms with Gasteiger partial charge in [-0.2, -0.15) is 5.10 Å². The number of aliphatic carboxylic acids is 1. The number of nitrogens with one attached hydrogen (secondary N) is 1. The van der Waals surface area contributed by atoms with Gasteiger partial charge in [0, 0.05) is 30.8 Å². The van der Waals surface area contributed by atoms with Gasteiger partial charge in [-0.25, -0.2) is 0 Å². The first-order valence-electron chi connectivity index (χ1n) is 11.6. The molecule has 168 valence electrons. The number of rotatable bonds is 7. The summed E-state index contributed by atoms with van der Waals surface area (Å²) < 4.78 is 0. The van der Waals surface area contributed by atoms with Gasteiger partial charge in [-0.15, -0.1) is 0 Å². The number of hydrogen-bond donors (Lipinski definition) is 2. The third-order valence-corrected chi connectivity index (χ3v) is 6.66. The van der Waals surface area contributed by atoms with Crippen LogP contribution in [-0.2, 0) is 11.2 Å². The number of hydrazone groups is 1. The van der Waals surface area contributed by atoms with Crippen molar-refractivity contribution in [2.75, 3.05) is 18.4 Å². The molecular weight excluding hydrogens is 402 g/mol. The second-order valence-electron chi connectivity index (χ2n) is 8.81. The van der Waals surface area contributed by atoms with Gasteiger partial charge in [0.15, 0.2) is 0 Å². The Balaban J connectivity index is 1.44. The predicted molar refractivity (Wildman–Crippen MR) is 126 cm³/mol. The van der Waals surface area contributed by atoms with Crippen molar-refractivity contribution >= 4 is 23.8 Å². The van der Waals surface area contributed by atoms with Crippen LogP contribution >= 0.6 is 0 Å². The van der Waals surface area contributed by atoms with E-state index in [1.165, 1.54) is 24.0 Å². The molecule has 1 saturated heterocycles. The second kappa shape index (κ2) is 9.98. The number of hydrogen-bond acceptors (Lipinski definition) is 4. The van der Waals surface area contributed by atoms with Crippen LogP contribution in [0.25, 0.3) is 0 Å². The van der Waals surface area contributed by atoms with E-state index in [1.807, 2.05) is 42.6 Å². The molecule has 1 amide bonds. The highest BCUT2D eigenvalue weighted by Crippen LogP contribution is 2.41. The lowest BCUT2D eigenvalue weighted by Gasteiger charge is -2.32. The first kappa shape index (κ1) is 22.1. The number of fused-ring (bicyclic) bond motifs is 1. The van der Waals surface area contributed by atoms with Crippen molar-refractivity contribution in [2.45, 2.75) is 51.4 Å². The molecule has 32 heavy (non-hydrogen) atoms. The molecule has 1 aliphatic heterocycles. The van der Waals surface area contributed by atoms with Crippen LogP contribution in [0.2, 0.25) is 0 Å². The molecule has 0 spiro atoms. The predicted octanol–water partition coefficient (Wildman–Crippen LogP) is 4.90. The highest BCUT2D eigenvalue weighted by molar-refractivity contribution is 6.04. The highest BCUT2D eigenvalue weighted by Gasteiger charge is 2.30. The topological polar surface area (TPSA) is 82.0 Å². The van der Waals surface area contributed by atoms with Gasteiger partial charge in [-0.05, 0) is 84.9 Å². The fourth-order valence-electron chi connectivity index (χ4n) is 4.95. The molecule has 6 heteroatoms. The van der Waals surface area contributed by atoms with E-state index < -0.39 is 5.97 Å². The highest BCUT2D eigenvalue weighted by atomic mass is 16.4. The molecule has 0 aromatic heterocycles. The summed E-state index contributed by atoms with van der Waals surface area (Å²) in [6, 6.07) is 13.5. The molecule has 1 fully saturated rings. The number of carboxylic acids is 1. The average molecular weight is 434 g/mol. The van der Waals surface area contributed by atoms with Crippen LogP contribution in [0.15, 0.2) is 47.6 Å². The normalized spacial score (nSPS) is 20.3. The van der Waals surface area contributed by atoms with E-state index in [0.29, 0.717) is 5.56 Å². The Labute approximate surface area is 189 Å². The van der Waals surface area contributed by atoms with Crippen molar-refractivity contribution in [2.24, 2.45) is 11.0 Å². The zero-order valence-corrected chi connectivity index (χ0v) is 18.6.